The summed E-state index contributed by atoms with van der Waals surface area (Å²) in [6.45, 7) is 4.61. The summed E-state index contributed by atoms with van der Waals surface area (Å²) in [4.78, 5) is 12.6. The van der Waals surface area contributed by atoms with Crippen LogP contribution in [-0.2, 0) is 16.6 Å². The van der Waals surface area contributed by atoms with Gasteiger partial charge >= 0.3 is 0 Å². The molecule has 1 aliphatic heterocycles. The highest BCUT2D eigenvalue weighted by atomic mass is 35.5. The van der Waals surface area contributed by atoms with Gasteiger partial charge in [0, 0.05) is 52.0 Å². The Morgan fingerprint density at radius 3 is 2.80 bits per heavy atom. The maximum Gasteiger partial charge on any atom is 0.265 e. The van der Waals surface area contributed by atoms with Gasteiger partial charge in [-0.05, 0) is 38.1 Å². The lowest BCUT2D eigenvalue weighted by Crippen LogP contribution is -2.48. The minimum atomic E-state index is -0.127. The second-order valence-electron chi connectivity index (χ2n) is 5.76. The molecule has 25 heavy (non-hydrogen) atoms. The van der Waals surface area contributed by atoms with Crippen molar-refractivity contribution in [1.29, 1.82) is 0 Å². The van der Waals surface area contributed by atoms with E-state index in [0.717, 1.165) is 30.6 Å². The number of thiocarbonyl (C=S) groups is 1. The monoisotopic (exact) mass is 385 g/mol. The molecule has 1 aromatic rings. The topological polar surface area (TPSA) is 62.6 Å². The summed E-state index contributed by atoms with van der Waals surface area (Å²) < 4.78 is 6.60. The van der Waals surface area contributed by atoms with Crippen molar-refractivity contribution < 1.29 is 9.53 Å². The Balaban J connectivity index is 1.97. The largest absolute Gasteiger partial charge is 0.385 e. The summed E-state index contributed by atoms with van der Waals surface area (Å²) >= 11 is 11.6. The molecule has 0 aromatic carbocycles. The number of aromatic nitrogens is 2. The van der Waals surface area contributed by atoms with E-state index in [9.17, 15) is 4.79 Å². The van der Waals surface area contributed by atoms with Gasteiger partial charge in [0.2, 0.25) is 0 Å². The number of hydrazine groups is 1. The number of aryl methyl sites for hydroxylation is 2. The summed E-state index contributed by atoms with van der Waals surface area (Å²) in [7, 11) is 3.44. The van der Waals surface area contributed by atoms with Crippen molar-refractivity contribution in [1.82, 2.24) is 25.1 Å². The number of hydrogen-bond acceptors (Lipinski definition) is 4. The highest BCUT2D eigenvalue weighted by Gasteiger charge is 2.27. The SMILES string of the molecule is COCCCNC(=S)N1CCCN1C(=O)C=Cc1c(C)nn(C)c1Cl. The molecule has 0 unspecified atom stereocenters. The van der Waals surface area contributed by atoms with Gasteiger partial charge in [0.1, 0.15) is 5.15 Å². The molecule has 0 radical (unpaired) electrons. The fourth-order valence-corrected chi connectivity index (χ4v) is 3.16. The van der Waals surface area contributed by atoms with Crippen molar-refractivity contribution in [3.8, 4) is 0 Å². The fraction of sp³-hybridized carbons (Fsp3) is 0.562. The first-order valence-electron chi connectivity index (χ1n) is 8.18. The number of halogens is 1. The van der Waals surface area contributed by atoms with Crippen molar-refractivity contribution in [2.24, 2.45) is 7.05 Å². The number of amides is 1. The van der Waals surface area contributed by atoms with Crippen LogP contribution in [-0.4, -0.2) is 64.2 Å². The van der Waals surface area contributed by atoms with Crippen molar-refractivity contribution in [3.63, 3.8) is 0 Å². The summed E-state index contributed by atoms with van der Waals surface area (Å²) in [5.74, 6) is -0.127. The molecule has 1 fully saturated rings. The predicted molar refractivity (Wildman–Crippen MR) is 102 cm³/mol. The van der Waals surface area contributed by atoms with Crippen LogP contribution < -0.4 is 5.32 Å². The lowest BCUT2D eigenvalue weighted by molar-refractivity contribution is -0.133. The Kier molecular flexibility index (Phi) is 7.22. The quantitative estimate of drug-likeness (QED) is 0.457. The van der Waals surface area contributed by atoms with Gasteiger partial charge in [0.25, 0.3) is 5.91 Å². The van der Waals surface area contributed by atoms with Crippen LogP contribution in [0.25, 0.3) is 6.08 Å². The van der Waals surface area contributed by atoms with E-state index in [1.54, 1.807) is 29.9 Å². The van der Waals surface area contributed by atoms with Crippen molar-refractivity contribution in [2.45, 2.75) is 19.8 Å². The molecule has 2 heterocycles. The van der Waals surface area contributed by atoms with Crippen LogP contribution in [0.4, 0.5) is 0 Å². The number of hydrogen-bond donors (Lipinski definition) is 1. The number of carbonyl (C=O) groups excluding carboxylic acids is 1. The molecule has 0 saturated carbocycles. The molecule has 9 heteroatoms. The second kappa shape index (κ2) is 9.17. The predicted octanol–water partition coefficient (Wildman–Crippen LogP) is 1.76. The van der Waals surface area contributed by atoms with Crippen LogP contribution in [0.5, 0.6) is 0 Å². The molecule has 0 atom stereocenters. The number of rotatable bonds is 6. The first-order valence-corrected chi connectivity index (χ1v) is 8.97. The van der Waals surface area contributed by atoms with E-state index in [0.29, 0.717) is 30.0 Å². The summed E-state index contributed by atoms with van der Waals surface area (Å²) in [5.41, 5.74) is 1.54. The highest BCUT2D eigenvalue weighted by molar-refractivity contribution is 7.80. The van der Waals surface area contributed by atoms with Gasteiger partial charge in [-0.25, -0.2) is 5.01 Å². The second-order valence-corrected chi connectivity index (χ2v) is 6.51. The minimum Gasteiger partial charge on any atom is -0.385 e. The summed E-state index contributed by atoms with van der Waals surface area (Å²) in [6, 6.07) is 0. The standard InChI is InChI=1S/C16H24ClN5O2S/c1-12-13(15(17)20(2)19-12)6-7-14(23)21-9-5-10-22(21)16(25)18-8-4-11-24-3/h6-7H,4-5,8-11H2,1-3H3,(H,18,25). The van der Waals surface area contributed by atoms with Gasteiger partial charge in [-0.15, -0.1) is 0 Å². The van der Waals surface area contributed by atoms with Crippen LogP contribution in [0, 0.1) is 6.92 Å². The van der Waals surface area contributed by atoms with Crippen molar-refractivity contribution >= 4 is 40.9 Å². The zero-order chi connectivity index (χ0) is 18.4. The number of ether oxygens (including phenoxy) is 1. The normalized spacial score (nSPS) is 14.6. The Morgan fingerprint density at radius 2 is 2.16 bits per heavy atom. The van der Waals surface area contributed by atoms with Crippen molar-refractivity contribution in [2.75, 3.05) is 33.4 Å². The van der Waals surface area contributed by atoms with Crippen LogP contribution >= 0.6 is 23.8 Å². The molecule has 138 valence electrons. The Morgan fingerprint density at radius 1 is 1.44 bits per heavy atom. The molecule has 0 bridgehead atoms. The van der Waals surface area contributed by atoms with Crippen LogP contribution in [0.1, 0.15) is 24.1 Å². The van der Waals surface area contributed by atoms with E-state index in [1.165, 1.54) is 6.08 Å². The van der Waals surface area contributed by atoms with Gasteiger partial charge in [0.15, 0.2) is 5.11 Å². The molecule has 1 aliphatic rings. The number of nitrogens with zero attached hydrogens (tertiary/aromatic N) is 4. The number of methoxy groups -OCH3 is 1. The van der Waals surface area contributed by atoms with Gasteiger partial charge in [0.05, 0.1) is 5.69 Å². The first-order chi connectivity index (χ1) is 12.0. The minimum absolute atomic E-state index is 0.127. The lowest BCUT2D eigenvalue weighted by atomic mass is 10.2. The van der Waals surface area contributed by atoms with E-state index in [2.05, 4.69) is 10.4 Å². The van der Waals surface area contributed by atoms with Gasteiger partial charge in [-0.3, -0.25) is 14.5 Å². The molecule has 1 saturated heterocycles. The zero-order valence-electron chi connectivity index (χ0n) is 14.8. The molecule has 7 nitrogen and oxygen atoms in total. The van der Waals surface area contributed by atoms with E-state index >= 15 is 0 Å². The Bertz CT molecular complexity index is 661. The van der Waals surface area contributed by atoms with E-state index in [1.807, 2.05) is 11.9 Å². The van der Waals surface area contributed by atoms with Crippen LogP contribution in [0.3, 0.4) is 0 Å². The third-order valence-electron chi connectivity index (χ3n) is 3.91. The molecular weight excluding hydrogens is 362 g/mol. The van der Waals surface area contributed by atoms with Gasteiger partial charge < -0.3 is 10.1 Å². The Hall–Kier alpha value is -1.64. The molecular formula is C16H24ClN5O2S. The van der Waals surface area contributed by atoms with E-state index < -0.39 is 0 Å². The molecule has 1 N–H and O–H groups in total. The molecule has 2 rings (SSSR count). The molecule has 0 spiro atoms. The highest BCUT2D eigenvalue weighted by Crippen LogP contribution is 2.20. The average Bonchev–Trinajstić information content (AvgIpc) is 3.16. The molecule has 1 aromatic heterocycles. The van der Waals surface area contributed by atoms with E-state index in [-0.39, 0.29) is 5.91 Å². The lowest BCUT2D eigenvalue weighted by Gasteiger charge is -2.29. The van der Waals surface area contributed by atoms with Crippen LogP contribution in [0.2, 0.25) is 5.15 Å². The summed E-state index contributed by atoms with van der Waals surface area (Å²) in [6.07, 6.45) is 4.96. The molecule has 0 aliphatic carbocycles. The Labute approximate surface area is 158 Å². The molecule has 1 amide bonds. The zero-order valence-corrected chi connectivity index (χ0v) is 16.4. The fourth-order valence-electron chi connectivity index (χ4n) is 2.63. The number of carbonyl (C=O) groups is 1. The maximum atomic E-state index is 12.6. The van der Waals surface area contributed by atoms with Gasteiger partial charge in [-0.1, -0.05) is 11.6 Å². The van der Waals surface area contributed by atoms with E-state index in [4.69, 9.17) is 28.6 Å². The maximum absolute atomic E-state index is 12.6. The first kappa shape index (κ1) is 19.7. The average molecular weight is 386 g/mol. The van der Waals surface area contributed by atoms with Gasteiger partial charge in [-0.2, -0.15) is 5.10 Å². The third-order valence-corrected chi connectivity index (χ3v) is 4.71. The van der Waals surface area contributed by atoms with Crippen LogP contribution in [0.15, 0.2) is 6.08 Å². The summed E-state index contributed by atoms with van der Waals surface area (Å²) in [5, 5.41) is 11.9. The smallest absolute Gasteiger partial charge is 0.265 e. The van der Waals surface area contributed by atoms with Crippen molar-refractivity contribution in [3.05, 3.63) is 22.5 Å². The number of nitrogens with one attached hydrogen (secondary N) is 1. The third kappa shape index (κ3) is 4.93.